The largest absolute Gasteiger partial charge is 0.493 e. The number of carbonyl (C=O) groups excluding carboxylic acids is 2. The average molecular weight is 566 g/mol. The van der Waals surface area contributed by atoms with Gasteiger partial charge in [-0.05, 0) is 67.5 Å². The van der Waals surface area contributed by atoms with Crippen LogP contribution in [0, 0.1) is 0 Å². The van der Waals surface area contributed by atoms with Crippen molar-refractivity contribution >= 4 is 17.5 Å². The minimum atomic E-state index is -0.604. The van der Waals surface area contributed by atoms with Gasteiger partial charge in [0, 0.05) is 18.5 Å². The van der Waals surface area contributed by atoms with Crippen LogP contribution in [0.3, 0.4) is 0 Å². The lowest BCUT2D eigenvalue weighted by atomic mass is 9.95. The van der Waals surface area contributed by atoms with Crippen molar-refractivity contribution in [2.45, 2.75) is 89.8 Å². The Balaban J connectivity index is 1.74. The topological polar surface area (TPSA) is 115 Å². The van der Waals surface area contributed by atoms with Crippen LogP contribution in [0.2, 0.25) is 0 Å². The van der Waals surface area contributed by atoms with Gasteiger partial charge in [-0.1, -0.05) is 38.2 Å². The summed E-state index contributed by atoms with van der Waals surface area (Å²) in [5, 5.41) is 9.35. The molecule has 2 aromatic carbocycles. The van der Waals surface area contributed by atoms with E-state index in [1.165, 1.54) is 26.2 Å². The Labute approximate surface area is 242 Å². The number of fused-ring (bicyclic) bond motifs is 3. The number of hydrogen-bond acceptors (Lipinski definition) is 7. The van der Waals surface area contributed by atoms with Crippen LogP contribution in [0.4, 0.5) is 5.69 Å². The lowest BCUT2D eigenvalue weighted by Crippen LogP contribution is -2.44. The molecule has 0 spiro atoms. The van der Waals surface area contributed by atoms with Crippen LogP contribution in [0.5, 0.6) is 17.2 Å². The normalized spacial score (nSPS) is 17.8. The molecule has 1 saturated carbocycles. The third-order valence-corrected chi connectivity index (χ3v) is 8.13. The molecule has 222 valence electrons. The lowest BCUT2D eigenvalue weighted by Gasteiger charge is -2.23. The first-order valence-corrected chi connectivity index (χ1v) is 14.6. The maximum Gasteiger partial charge on any atom is 0.242 e. The van der Waals surface area contributed by atoms with Crippen molar-refractivity contribution < 1.29 is 23.8 Å². The van der Waals surface area contributed by atoms with E-state index in [0.29, 0.717) is 41.3 Å². The fourth-order valence-corrected chi connectivity index (χ4v) is 6.05. The van der Waals surface area contributed by atoms with E-state index < -0.39 is 12.1 Å². The number of ether oxygens (including phenoxy) is 3. The number of nitrogens with one attached hydrogen (secondary N) is 3. The van der Waals surface area contributed by atoms with Crippen LogP contribution in [-0.2, 0) is 16.0 Å². The molecule has 9 heteroatoms. The number of hydrogen-bond donors (Lipinski definition) is 3. The highest BCUT2D eigenvalue weighted by Gasteiger charge is 2.29. The molecule has 0 saturated heterocycles. The average Bonchev–Trinajstić information content (AvgIpc) is 3.17. The Morgan fingerprint density at radius 1 is 0.878 bits per heavy atom. The summed E-state index contributed by atoms with van der Waals surface area (Å²) < 4.78 is 17.1. The van der Waals surface area contributed by atoms with Crippen LogP contribution >= 0.6 is 0 Å². The van der Waals surface area contributed by atoms with Crippen LogP contribution in [0.15, 0.2) is 29.1 Å². The molecule has 2 aliphatic carbocycles. The van der Waals surface area contributed by atoms with Crippen molar-refractivity contribution in [3.8, 4) is 28.4 Å². The number of benzene rings is 1. The van der Waals surface area contributed by atoms with E-state index in [2.05, 4.69) is 16.0 Å². The van der Waals surface area contributed by atoms with Gasteiger partial charge in [-0.25, -0.2) is 0 Å². The monoisotopic (exact) mass is 565 g/mol. The molecule has 1 fully saturated rings. The number of rotatable bonds is 8. The standard InChI is InChI=1S/C32H43N3O6/c1-19(32(38)35-22-11-9-7-6-8-10-12-22)33-26-16-14-23-24(18-27(26)37)25(34-20(2)36)15-13-21-17-28(39-3)30(40-4)31(41-5)29(21)23/h14,16-19,22,25H,6-13,15H2,1-5H3,(H,33,37)(H,34,36)(H,35,38)/t19-,25-/m1/s1. The molecule has 2 aromatic rings. The minimum absolute atomic E-state index is 0.122. The quantitative estimate of drug-likeness (QED) is 0.417. The van der Waals surface area contributed by atoms with E-state index in [4.69, 9.17) is 14.2 Å². The second kappa shape index (κ2) is 13.7. The second-order valence-electron chi connectivity index (χ2n) is 11.0. The van der Waals surface area contributed by atoms with Crippen LogP contribution in [0.25, 0.3) is 11.1 Å². The fraction of sp³-hybridized carbons (Fsp3) is 0.531. The summed E-state index contributed by atoms with van der Waals surface area (Å²) in [7, 11) is 4.69. The van der Waals surface area contributed by atoms with Crippen molar-refractivity contribution in [1.82, 2.24) is 10.6 Å². The van der Waals surface area contributed by atoms with Gasteiger partial charge in [0.1, 0.15) is 6.04 Å². The van der Waals surface area contributed by atoms with Gasteiger partial charge in [-0.2, -0.15) is 0 Å². The van der Waals surface area contributed by atoms with Gasteiger partial charge in [-0.3, -0.25) is 14.4 Å². The van der Waals surface area contributed by atoms with Gasteiger partial charge in [0.2, 0.25) is 23.0 Å². The summed E-state index contributed by atoms with van der Waals surface area (Å²) in [5.74, 6) is 1.17. The third-order valence-electron chi connectivity index (χ3n) is 8.13. The van der Waals surface area contributed by atoms with Gasteiger partial charge < -0.3 is 30.2 Å². The Morgan fingerprint density at radius 2 is 1.56 bits per heavy atom. The van der Waals surface area contributed by atoms with E-state index >= 15 is 0 Å². The predicted octanol–water partition coefficient (Wildman–Crippen LogP) is 4.89. The van der Waals surface area contributed by atoms with Gasteiger partial charge in [-0.15, -0.1) is 0 Å². The Hall–Kier alpha value is -3.75. The summed E-state index contributed by atoms with van der Waals surface area (Å²) in [6.07, 6.45) is 9.07. The molecule has 4 rings (SSSR count). The van der Waals surface area contributed by atoms with Crippen molar-refractivity contribution in [3.63, 3.8) is 0 Å². The molecule has 2 amide bonds. The number of methoxy groups -OCH3 is 3. The molecule has 0 aromatic heterocycles. The Morgan fingerprint density at radius 3 is 2.20 bits per heavy atom. The molecule has 41 heavy (non-hydrogen) atoms. The van der Waals surface area contributed by atoms with E-state index in [1.807, 2.05) is 12.1 Å². The molecule has 9 nitrogen and oxygen atoms in total. The lowest BCUT2D eigenvalue weighted by molar-refractivity contribution is -0.122. The van der Waals surface area contributed by atoms with Crippen LogP contribution in [-0.4, -0.2) is 45.2 Å². The molecule has 3 N–H and O–H groups in total. The molecular weight excluding hydrogens is 522 g/mol. The van der Waals surface area contributed by atoms with E-state index in [0.717, 1.165) is 42.4 Å². The molecule has 0 unspecified atom stereocenters. The number of anilines is 1. The molecule has 2 atom stereocenters. The smallest absolute Gasteiger partial charge is 0.242 e. The Kier molecular flexibility index (Phi) is 10.1. The van der Waals surface area contributed by atoms with Gasteiger partial charge in [0.15, 0.2) is 11.5 Å². The SMILES string of the molecule is COc1cc2c(c(OC)c1OC)-c1ccc(N[C@H](C)C(=O)NC3CCCCCCC3)c(=O)cc1[C@H](NC(C)=O)CC2. The summed E-state index contributed by atoms with van der Waals surface area (Å²) >= 11 is 0. The first-order valence-electron chi connectivity index (χ1n) is 14.6. The zero-order valence-corrected chi connectivity index (χ0v) is 24.9. The minimum Gasteiger partial charge on any atom is -0.493 e. The Bertz CT molecular complexity index is 1320. The first kappa shape index (κ1) is 30.2. The summed E-state index contributed by atoms with van der Waals surface area (Å²) in [6, 6.07) is 6.20. The van der Waals surface area contributed by atoms with Gasteiger partial charge >= 0.3 is 0 Å². The number of aryl methyl sites for hydroxylation is 1. The molecule has 0 aliphatic heterocycles. The highest BCUT2D eigenvalue weighted by Crippen LogP contribution is 2.50. The molecular formula is C32H43N3O6. The van der Waals surface area contributed by atoms with Crippen LogP contribution < -0.4 is 35.6 Å². The zero-order valence-electron chi connectivity index (χ0n) is 24.9. The molecule has 0 radical (unpaired) electrons. The first-order chi connectivity index (χ1) is 19.8. The maximum absolute atomic E-state index is 13.6. The number of amides is 2. The van der Waals surface area contributed by atoms with Gasteiger partial charge in [0.25, 0.3) is 0 Å². The van der Waals surface area contributed by atoms with Crippen molar-refractivity contribution in [1.29, 1.82) is 0 Å². The van der Waals surface area contributed by atoms with E-state index in [-0.39, 0.29) is 23.3 Å². The zero-order chi connectivity index (χ0) is 29.5. The predicted molar refractivity (Wildman–Crippen MR) is 160 cm³/mol. The number of carbonyl (C=O) groups is 2. The van der Waals surface area contributed by atoms with E-state index in [1.54, 1.807) is 40.4 Å². The molecule has 2 aliphatic rings. The third kappa shape index (κ3) is 6.94. The summed E-state index contributed by atoms with van der Waals surface area (Å²) in [4.78, 5) is 38.8. The molecule has 0 bridgehead atoms. The molecule has 0 heterocycles. The summed E-state index contributed by atoms with van der Waals surface area (Å²) in [5.41, 5.74) is 3.19. The van der Waals surface area contributed by atoms with Crippen molar-refractivity contribution in [2.24, 2.45) is 0 Å². The van der Waals surface area contributed by atoms with Gasteiger partial charge in [0.05, 0.1) is 33.1 Å². The fourth-order valence-electron chi connectivity index (χ4n) is 6.05. The maximum atomic E-state index is 13.6. The second-order valence-corrected chi connectivity index (χ2v) is 11.0. The van der Waals surface area contributed by atoms with Crippen molar-refractivity contribution in [3.05, 3.63) is 45.6 Å². The van der Waals surface area contributed by atoms with Crippen LogP contribution in [0.1, 0.15) is 82.4 Å². The highest BCUT2D eigenvalue weighted by atomic mass is 16.5. The van der Waals surface area contributed by atoms with Crippen molar-refractivity contribution in [2.75, 3.05) is 26.6 Å². The van der Waals surface area contributed by atoms with E-state index in [9.17, 15) is 14.4 Å². The summed E-state index contributed by atoms with van der Waals surface area (Å²) in [6.45, 7) is 3.24. The highest BCUT2D eigenvalue weighted by molar-refractivity contribution is 5.86.